The normalized spacial score (nSPS) is 44.1. The molecule has 2 aliphatic heterocycles. The van der Waals surface area contributed by atoms with Crippen LogP contribution >= 0.6 is 0 Å². The van der Waals surface area contributed by atoms with Gasteiger partial charge in [-0.1, -0.05) is 12.8 Å². The van der Waals surface area contributed by atoms with Crippen LogP contribution < -0.4 is 5.32 Å². The van der Waals surface area contributed by atoms with Crippen molar-refractivity contribution in [2.75, 3.05) is 19.6 Å². The van der Waals surface area contributed by atoms with Crippen LogP contribution in [0.4, 0.5) is 0 Å². The molecule has 3 aliphatic rings. The standard InChI is InChI=1S/C12H22N2/c1-2-4-12-10(3-1)6-8-14(12)11-5-7-13-9-11/h10-13H,1-9H2. The molecule has 3 atom stereocenters. The summed E-state index contributed by atoms with van der Waals surface area (Å²) in [7, 11) is 0. The Morgan fingerprint density at radius 3 is 2.79 bits per heavy atom. The van der Waals surface area contributed by atoms with Crippen molar-refractivity contribution in [2.45, 2.75) is 50.6 Å². The fourth-order valence-corrected chi connectivity index (χ4v) is 3.82. The van der Waals surface area contributed by atoms with Gasteiger partial charge in [-0.3, -0.25) is 4.90 Å². The second-order valence-corrected chi connectivity index (χ2v) is 5.29. The monoisotopic (exact) mass is 194 g/mol. The Bertz CT molecular complexity index is 198. The Labute approximate surface area is 87.0 Å². The zero-order valence-electron chi connectivity index (χ0n) is 9.04. The average molecular weight is 194 g/mol. The molecule has 0 aromatic heterocycles. The lowest BCUT2D eigenvalue weighted by molar-refractivity contribution is 0.140. The maximum atomic E-state index is 3.50. The predicted octanol–water partition coefficient (Wildman–Crippen LogP) is 1.61. The Kier molecular flexibility index (Phi) is 2.50. The predicted molar refractivity (Wildman–Crippen MR) is 58.3 cm³/mol. The van der Waals surface area contributed by atoms with Crippen molar-refractivity contribution in [1.82, 2.24) is 10.2 Å². The highest BCUT2D eigenvalue weighted by atomic mass is 15.2. The van der Waals surface area contributed by atoms with Gasteiger partial charge in [-0.05, 0) is 44.7 Å². The van der Waals surface area contributed by atoms with E-state index in [0.29, 0.717) is 0 Å². The quantitative estimate of drug-likeness (QED) is 0.682. The SMILES string of the molecule is C1CCC2C(C1)CCN2C1CCNC1. The van der Waals surface area contributed by atoms with Crippen molar-refractivity contribution in [3.63, 3.8) is 0 Å². The Hall–Kier alpha value is -0.0800. The second kappa shape index (κ2) is 3.82. The molecule has 1 aliphatic carbocycles. The molecule has 80 valence electrons. The van der Waals surface area contributed by atoms with Crippen LogP contribution in [0.1, 0.15) is 38.5 Å². The first-order valence-electron chi connectivity index (χ1n) is 6.41. The molecule has 1 saturated carbocycles. The van der Waals surface area contributed by atoms with E-state index >= 15 is 0 Å². The van der Waals surface area contributed by atoms with E-state index in [1.165, 1.54) is 58.2 Å². The van der Waals surface area contributed by atoms with Crippen molar-refractivity contribution in [2.24, 2.45) is 5.92 Å². The van der Waals surface area contributed by atoms with Gasteiger partial charge in [0.25, 0.3) is 0 Å². The Morgan fingerprint density at radius 1 is 1.00 bits per heavy atom. The summed E-state index contributed by atoms with van der Waals surface area (Å²) in [5.74, 6) is 1.06. The first-order valence-corrected chi connectivity index (χ1v) is 6.41. The maximum absolute atomic E-state index is 3.50. The highest BCUT2D eigenvalue weighted by Crippen LogP contribution is 2.37. The molecule has 1 N–H and O–H groups in total. The first-order chi connectivity index (χ1) is 6.95. The van der Waals surface area contributed by atoms with Gasteiger partial charge < -0.3 is 5.32 Å². The van der Waals surface area contributed by atoms with E-state index in [1.54, 1.807) is 0 Å². The topological polar surface area (TPSA) is 15.3 Å². The molecule has 0 aromatic rings. The first kappa shape index (κ1) is 9.17. The minimum atomic E-state index is 0.878. The van der Waals surface area contributed by atoms with Gasteiger partial charge in [0.1, 0.15) is 0 Å². The zero-order valence-corrected chi connectivity index (χ0v) is 9.04. The van der Waals surface area contributed by atoms with Crippen LogP contribution in [0.2, 0.25) is 0 Å². The number of likely N-dealkylation sites (tertiary alicyclic amines) is 1. The summed E-state index contributed by atoms with van der Waals surface area (Å²) in [6.45, 7) is 3.89. The van der Waals surface area contributed by atoms with E-state index in [-0.39, 0.29) is 0 Å². The van der Waals surface area contributed by atoms with E-state index in [1.807, 2.05) is 0 Å². The molecule has 2 saturated heterocycles. The van der Waals surface area contributed by atoms with Gasteiger partial charge in [-0.25, -0.2) is 0 Å². The molecular weight excluding hydrogens is 172 g/mol. The molecule has 3 fully saturated rings. The summed E-state index contributed by atoms with van der Waals surface area (Å²) in [6, 6.07) is 1.84. The summed E-state index contributed by atoms with van der Waals surface area (Å²) in [5.41, 5.74) is 0. The minimum absolute atomic E-state index is 0.878. The lowest BCUT2D eigenvalue weighted by Crippen LogP contribution is -2.43. The number of nitrogens with zero attached hydrogens (tertiary/aromatic N) is 1. The molecule has 3 rings (SSSR count). The number of hydrogen-bond acceptors (Lipinski definition) is 2. The molecule has 0 bridgehead atoms. The molecule has 0 radical (unpaired) electrons. The molecule has 2 nitrogen and oxygen atoms in total. The molecule has 0 amide bonds. The molecule has 2 heterocycles. The van der Waals surface area contributed by atoms with Crippen LogP contribution in [0, 0.1) is 5.92 Å². The molecular formula is C12H22N2. The fraction of sp³-hybridized carbons (Fsp3) is 1.00. The van der Waals surface area contributed by atoms with Crippen molar-refractivity contribution in [3.8, 4) is 0 Å². The molecule has 0 spiro atoms. The zero-order chi connectivity index (χ0) is 9.38. The summed E-state index contributed by atoms with van der Waals surface area (Å²) < 4.78 is 0. The smallest absolute Gasteiger partial charge is 0.0235 e. The van der Waals surface area contributed by atoms with Gasteiger partial charge in [-0.15, -0.1) is 0 Å². The van der Waals surface area contributed by atoms with Crippen molar-refractivity contribution in [3.05, 3.63) is 0 Å². The molecule has 14 heavy (non-hydrogen) atoms. The third kappa shape index (κ3) is 1.49. The fourth-order valence-electron chi connectivity index (χ4n) is 3.82. The molecule has 0 aromatic carbocycles. The van der Waals surface area contributed by atoms with Crippen LogP contribution in [0.5, 0.6) is 0 Å². The van der Waals surface area contributed by atoms with Crippen LogP contribution in [0.3, 0.4) is 0 Å². The van der Waals surface area contributed by atoms with Crippen LogP contribution in [0.25, 0.3) is 0 Å². The lowest BCUT2D eigenvalue weighted by atomic mass is 9.85. The number of rotatable bonds is 1. The minimum Gasteiger partial charge on any atom is -0.315 e. The maximum Gasteiger partial charge on any atom is 0.0235 e. The number of hydrogen-bond donors (Lipinski definition) is 1. The summed E-state index contributed by atoms with van der Waals surface area (Å²) >= 11 is 0. The third-order valence-electron chi connectivity index (χ3n) is 4.56. The van der Waals surface area contributed by atoms with Crippen molar-refractivity contribution >= 4 is 0 Å². The number of nitrogens with one attached hydrogen (secondary N) is 1. The van der Waals surface area contributed by atoms with Crippen molar-refractivity contribution in [1.29, 1.82) is 0 Å². The summed E-state index contributed by atoms with van der Waals surface area (Å²) in [4.78, 5) is 2.84. The van der Waals surface area contributed by atoms with E-state index < -0.39 is 0 Å². The molecule has 2 heteroatoms. The van der Waals surface area contributed by atoms with Crippen molar-refractivity contribution < 1.29 is 0 Å². The van der Waals surface area contributed by atoms with E-state index in [4.69, 9.17) is 0 Å². The summed E-state index contributed by atoms with van der Waals surface area (Å²) in [5, 5.41) is 3.50. The Morgan fingerprint density at radius 2 is 1.93 bits per heavy atom. The highest BCUT2D eigenvalue weighted by Gasteiger charge is 2.39. The van der Waals surface area contributed by atoms with Crippen LogP contribution in [-0.4, -0.2) is 36.6 Å². The van der Waals surface area contributed by atoms with E-state index in [0.717, 1.165) is 18.0 Å². The van der Waals surface area contributed by atoms with Crippen LogP contribution in [-0.2, 0) is 0 Å². The average Bonchev–Trinajstić information content (AvgIpc) is 2.85. The molecule has 3 unspecified atom stereocenters. The van der Waals surface area contributed by atoms with Gasteiger partial charge >= 0.3 is 0 Å². The van der Waals surface area contributed by atoms with Gasteiger partial charge in [0.05, 0.1) is 0 Å². The summed E-state index contributed by atoms with van der Waals surface area (Å²) in [6.07, 6.45) is 8.86. The van der Waals surface area contributed by atoms with Gasteiger partial charge in [0, 0.05) is 18.6 Å². The third-order valence-corrected chi connectivity index (χ3v) is 4.56. The lowest BCUT2D eigenvalue weighted by Gasteiger charge is -2.35. The van der Waals surface area contributed by atoms with Gasteiger partial charge in [-0.2, -0.15) is 0 Å². The number of fused-ring (bicyclic) bond motifs is 1. The highest BCUT2D eigenvalue weighted by molar-refractivity contribution is 4.95. The van der Waals surface area contributed by atoms with E-state index in [9.17, 15) is 0 Å². The van der Waals surface area contributed by atoms with Gasteiger partial charge in [0.15, 0.2) is 0 Å². The van der Waals surface area contributed by atoms with Gasteiger partial charge in [0.2, 0.25) is 0 Å². The second-order valence-electron chi connectivity index (χ2n) is 5.29. The largest absolute Gasteiger partial charge is 0.315 e. The van der Waals surface area contributed by atoms with E-state index in [2.05, 4.69) is 10.2 Å². The Balaban J connectivity index is 1.68. The van der Waals surface area contributed by atoms with Crippen LogP contribution in [0.15, 0.2) is 0 Å².